The van der Waals surface area contributed by atoms with E-state index in [0.29, 0.717) is 12.6 Å². The van der Waals surface area contributed by atoms with Crippen LogP contribution in [0.15, 0.2) is 36.4 Å². The van der Waals surface area contributed by atoms with Crippen molar-refractivity contribution in [2.75, 3.05) is 0 Å². The maximum atomic E-state index is 13.8. The molecule has 0 aliphatic rings. The summed E-state index contributed by atoms with van der Waals surface area (Å²) in [7, 11) is 0. The lowest BCUT2D eigenvalue weighted by Gasteiger charge is -2.29. The van der Waals surface area contributed by atoms with Gasteiger partial charge in [0.05, 0.1) is 17.6 Å². The molecule has 1 atom stereocenters. The minimum absolute atomic E-state index is 0.0755. The van der Waals surface area contributed by atoms with Crippen molar-refractivity contribution in [2.24, 2.45) is 0 Å². The van der Waals surface area contributed by atoms with Crippen molar-refractivity contribution in [3.63, 3.8) is 0 Å². The first-order valence-electron chi connectivity index (χ1n) is 12.1. The Balaban J connectivity index is 2.06. The number of imidazole rings is 1. The summed E-state index contributed by atoms with van der Waals surface area (Å²) in [6, 6.07) is 13.0. The van der Waals surface area contributed by atoms with Gasteiger partial charge in [-0.1, -0.05) is 56.5 Å². The van der Waals surface area contributed by atoms with Gasteiger partial charge < -0.3 is 9.47 Å². The van der Waals surface area contributed by atoms with Crippen LogP contribution in [0.2, 0.25) is 0 Å². The van der Waals surface area contributed by atoms with Crippen LogP contribution in [0, 0.1) is 20.8 Å². The predicted octanol–water partition coefficient (Wildman–Crippen LogP) is 7.15. The van der Waals surface area contributed by atoms with E-state index < -0.39 is 0 Å². The van der Waals surface area contributed by atoms with Gasteiger partial charge in [-0.25, -0.2) is 4.98 Å². The Labute approximate surface area is 193 Å². The number of unbranched alkanes of at least 4 members (excludes halogenated alkanes) is 1. The molecule has 3 rings (SSSR count). The maximum absolute atomic E-state index is 13.8. The number of amides is 1. The minimum Gasteiger partial charge on any atom is -0.329 e. The first-order valence-corrected chi connectivity index (χ1v) is 12.1. The van der Waals surface area contributed by atoms with Crippen molar-refractivity contribution < 1.29 is 4.79 Å². The van der Waals surface area contributed by atoms with E-state index in [1.54, 1.807) is 0 Å². The molecule has 3 aromatic rings. The molecule has 32 heavy (non-hydrogen) atoms. The van der Waals surface area contributed by atoms with Crippen LogP contribution >= 0.6 is 0 Å². The summed E-state index contributed by atoms with van der Waals surface area (Å²) in [5.41, 5.74) is 6.28. The van der Waals surface area contributed by atoms with Gasteiger partial charge in [-0.15, -0.1) is 0 Å². The molecule has 2 aromatic carbocycles. The fourth-order valence-electron chi connectivity index (χ4n) is 4.87. The Hall–Kier alpha value is -2.62. The van der Waals surface area contributed by atoms with Gasteiger partial charge in [0.15, 0.2) is 0 Å². The average molecular weight is 434 g/mol. The van der Waals surface area contributed by atoms with Crippen molar-refractivity contribution in [3.05, 3.63) is 64.5 Å². The molecule has 0 fully saturated rings. The monoisotopic (exact) mass is 433 g/mol. The minimum atomic E-state index is 0.0755. The zero-order valence-electron chi connectivity index (χ0n) is 20.9. The van der Waals surface area contributed by atoms with Crippen molar-refractivity contribution in [1.82, 2.24) is 14.5 Å². The van der Waals surface area contributed by atoms with E-state index >= 15 is 0 Å². The number of hydrogen-bond acceptors (Lipinski definition) is 2. The van der Waals surface area contributed by atoms with Gasteiger partial charge in [0.25, 0.3) is 5.91 Å². The van der Waals surface area contributed by atoms with Crippen LogP contribution in [-0.4, -0.2) is 26.4 Å². The topological polar surface area (TPSA) is 38.1 Å². The molecule has 0 bridgehead atoms. The zero-order chi connectivity index (χ0) is 23.4. The number of hydrogen-bond donors (Lipinski definition) is 0. The SMILES string of the molecule is CCCCC(CC)n1c(CN(C(=O)c2c(C)cc(C)cc2C)C(C)C)nc2ccccc21. The predicted molar refractivity (Wildman–Crippen MR) is 134 cm³/mol. The molecule has 1 unspecified atom stereocenters. The molecule has 0 radical (unpaired) electrons. The summed E-state index contributed by atoms with van der Waals surface area (Å²) < 4.78 is 2.41. The molecule has 4 nitrogen and oxygen atoms in total. The fourth-order valence-corrected chi connectivity index (χ4v) is 4.87. The lowest BCUT2D eigenvalue weighted by Crippen LogP contribution is -2.38. The van der Waals surface area contributed by atoms with Gasteiger partial charge in [0.1, 0.15) is 5.82 Å². The van der Waals surface area contributed by atoms with E-state index in [4.69, 9.17) is 4.98 Å². The Morgan fingerprint density at radius 3 is 2.31 bits per heavy atom. The molecular formula is C28H39N3O. The number of carbonyl (C=O) groups excluding carboxylic acids is 1. The number of carbonyl (C=O) groups is 1. The summed E-state index contributed by atoms with van der Waals surface area (Å²) in [4.78, 5) is 20.8. The molecule has 0 spiro atoms. The Bertz CT molecular complexity index is 1060. The number of fused-ring (bicyclic) bond motifs is 1. The third kappa shape index (κ3) is 4.90. The van der Waals surface area contributed by atoms with Crippen LogP contribution in [0.3, 0.4) is 0 Å². The van der Waals surface area contributed by atoms with Crippen LogP contribution in [0.5, 0.6) is 0 Å². The van der Waals surface area contributed by atoms with Crippen molar-refractivity contribution >= 4 is 16.9 Å². The molecule has 0 aliphatic carbocycles. The Morgan fingerprint density at radius 2 is 1.72 bits per heavy atom. The van der Waals surface area contributed by atoms with Crippen molar-refractivity contribution in [1.29, 1.82) is 0 Å². The maximum Gasteiger partial charge on any atom is 0.255 e. The smallest absolute Gasteiger partial charge is 0.255 e. The quantitative estimate of drug-likeness (QED) is 0.359. The molecule has 1 amide bonds. The first-order chi connectivity index (χ1) is 15.3. The van der Waals surface area contributed by atoms with Crippen LogP contribution in [0.4, 0.5) is 0 Å². The lowest BCUT2D eigenvalue weighted by atomic mass is 9.98. The highest BCUT2D eigenvalue weighted by atomic mass is 16.2. The molecule has 0 saturated heterocycles. The van der Waals surface area contributed by atoms with Gasteiger partial charge >= 0.3 is 0 Å². The normalized spacial score (nSPS) is 12.5. The second-order valence-corrected chi connectivity index (χ2v) is 9.39. The van der Waals surface area contributed by atoms with Crippen LogP contribution in [0.25, 0.3) is 11.0 Å². The number of rotatable bonds is 9. The number of benzene rings is 2. The molecule has 0 aliphatic heterocycles. The first kappa shape index (κ1) is 24.0. The van der Waals surface area contributed by atoms with Crippen molar-refractivity contribution in [3.8, 4) is 0 Å². The molecule has 0 saturated carbocycles. The molecule has 1 aromatic heterocycles. The number of nitrogens with zero attached hydrogens (tertiary/aromatic N) is 3. The van der Waals surface area contributed by atoms with Crippen LogP contribution < -0.4 is 0 Å². The van der Waals surface area contributed by atoms with Gasteiger partial charge in [-0.2, -0.15) is 0 Å². The number of aryl methyl sites for hydroxylation is 3. The van der Waals surface area contributed by atoms with E-state index in [1.807, 2.05) is 24.8 Å². The second kappa shape index (κ2) is 10.3. The highest BCUT2D eigenvalue weighted by Gasteiger charge is 2.26. The lowest BCUT2D eigenvalue weighted by molar-refractivity contribution is 0.0680. The van der Waals surface area contributed by atoms with Crippen LogP contribution in [0.1, 0.15) is 92.3 Å². The zero-order valence-corrected chi connectivity index (χ0v) is 20.9. The third-order valence-electron chi connectivity index (χ3n) is 6.48. The van der Waals surface area contributed by atoms with Gasteiger partial charge in [0, 0.05) is 17.6 Å². The van der Waals surface area contributed by atoms with E-state index in [2.05, 4.69) is 69.5 Å². The summed E-state index contributed by atoms with van der Waals surface area (Å²) >= 11 is 0. The fraction of sp³-hybridized carbons (Fsp3) is 0.500. The van der Waals surface area contributed by atoms with E-state index in [0.717, 1.165) is 40.9 Å². The van der Waals surface area contributed by atoms with Crippen molar-refractivity contribution in [2.45, 2.75) is 92.8 Å². The van der Waals surface area contributed by atoms with E-state index in [9.17, 15) is 4.79 Å². The standard InChI is InChI=1S/C28H39N3O/c1-8-10-13-23(9-2)31-25-15-12-11-14-24(25)29-26(31)18-30(19(3)4)28(32)27-21(6)16-20(5)17-22(27)7/h11-12,14-17,19,23H,8-10,13,18H2,1-7H3. The second-order valence-electron chi connectivity index (χ2n) is 9.39. The Morgan fingerprint density at radius 1 is 1.06 bits per heavy atom. The largest absolute Gasteiger partial charge is 0.329 e. The molecule has 172 valence electrons. The Kier molecular flexibility index (Phi) is 7.76. The summed E-state index contributed by atoms with van der Waals surface area (Å²) in [6.45, 7) is 15.4. The molecular weight excluding hydrogens is 394 g/mol. The van der Waals surface area contributed by atoms with Crippen LogP contribution in [-0.2, 0) is 6.54 Å². The molecule has 1 heterocycles. The molecule has 4 heteroatoms. The number of aromatic nitrogens is 2. The highest BCUT2D eigenvalue weighted by molar-refractivity contribution is 5.97. The van der Waals surface area contributed by atoms with Gasteiger partial charge in [-0.05, 0) is 70.7 Å². The highest BCUT2D eigenvalue weighted by Crippen LogP contribution is 2.29. The summed E-state index contributed by atoms with van der Waals surface area (Å²) in [5.74, 6) is 1.08. The molecule has 0 N–H and O–H groups in total. The summed E-state index contributed by atoms with van der Waals surface area (Å²) in [5, 5.41) is 0. The average Bonchev–Trinajstić information content (AvgIpc) is 3.09. The van der Waals surface area contributed by atoms with Gasteiger partial charge in [0.2, 0.25) is 0 Å². The van der Waals surface area contributed by atoms with Gasteiger partial charge in [-0.3, -0.25) is 4.79 Å². The third-order valence-corrected chi connectivity index (χ3v) is 6.48. The van der Waals surface area contributed by atoms with E-state index in [-0.39, 0.29) is 11.9 Å². The summed E-state index contributed by atoms with van der Waals surface area (Å²) in [6.07, 6.45) is 4.56. The number of para-hydroxylation sites is 2. The van der Waals surface area contributed by atoms with E-state index in [1.165, 1.54) is 23.9 Å².